The van der Waals surface area contributed by atoms with E-state index in [-0.39, 0.29) is 6.09 Å². The smallest absolute Gasteiger partial charge is 0.410 e. The summed E-state index contributed by atoms with van der Waals surface area (Å²) < 4.78 is 5.38. The van der Waals surface area contributed by atoms with Gasteiger partial charge in [-0.25, -0.2) is 4.79 Å². The predicted molar refractivity (Wildman–Crippen MR) is 79.4 cm³/mol. The van der Waals surface area contributed by atoms with Crippen molar-refractivity contribution in [1.82, 2.24) is 10.2 Å². The molecule has 1 aromatic carbocycles. The van der Waals surface area contributed by atoms with Gasteiger partial charge in [0.2, 0.25) is 0 Å². The molecule has 2 atom stereocenters. The van der Waals surface area contributed by atoms with Gasteiger partial charge in [-0.2, -0.15) is 0 Å². The molecular formula is C16H24N2O2. The molecule has 1 N–H and O–H groups in total. The highest BCUT2D eigenvalue weighted by atomic mass is 16.6. The number of hydrogen-bond donors (Lipinski definition) is 1. The van der Waals surface area contributed by atoms with Gasteiger partial charge in [-0.05, 0) is 30.5 Å². The van der Waals surface area contributed by atoms with Crippen LogP contribution in [0, 0.1) is 11.8 Å². The zero-order valence-electron chi connectivity index (χ0n) is 12.3. The first kappa shape index (κ1) is 14.9. The van der Waals surface area contributed by atoms with E-state index in [0.717, 1.165) is 31.7 Å². The number of ether oxygens (including phenoxy) is 1. The Labute approximate surface area is 121 Å². The first-order valence-electron chi connectivity index (χ1n) is 7.37. The van der Waals surface area contributed by atoms with Crippen LogP contribution in [0.5, 0.6) is 0 Å². The van der Waals surface area contributed by atoms with Crippen molar-refractivity contribution in [2.75, 3.05) is 26.2 Å². The topological polar surface area (TPSA) is 41.6 Å². The zero-order valence-corrected chi connectivity index (χ0v) is 12.3. The van der Waals surface area contributed by atoms with E-state index in [2.05, 4.69) is 19.2 Å². The number of benzene rings is 1. The van der Waals surface area contributed by atoms with Gasteiger partial charge in [-0.15, -0.1) is 0 Å². The van der Waals surface area contributed by atoms with Crippen LogP contribution in [0.4, 0.5) is 4.79 Å². The van der Waals surface area contributed by atoms with Crippen LogP contribution in [0.2, 0.25) is 0 Å². The van der Waals surface area contributed by atoms with Gasteiger partial charge in [0.25, 0.3) is 0 Å². The minimum atomic E-state index is -0.195. The molecule has 1 aliphatic rings. The predicted octanol–water partition coefficient (Wildman–Crippen LogP) is 2.50. The highest BCUT2D eigenvalue weighted by Crippen LogP contribution is 2.23. The number of carbonyl (C=O) groups excluding carboxylic acids is 1. The van der Waals surface area contributed by atoms with Crippen LogP contribution in [0.15, 0.2) is 30.3 Å². The maximum atomic E-state index is 12.1. The molecule has 0 bridgehead atoms. The Hall–Kier alpha value is -1.55. The second kappa shape index (κ2) is 7.29. The van der Waals surface area contributed by atoms with Crippen LogP contribution in [0.25, 0.3) is 0 Å². The van der Waals surface area contributed by atoms with Crippen molar-refractivity contribution in [3.63, 3.8) is 0 Å². The maximum absolute atomic E-state index is 12.1. The van der Waals surface area contributed by atoms with Crippen LogP contribution in [0.3, 0.4) is 0 Å². The Balaban J connectivity index is 1.79. The monoisotopic (exact) mass is 276 g/mol. The molecule has 0 radical (unpaired) electrons. The molecule has 110 valence electrons. The Morgan fingerprint density at radius 1 is 1.35 bits per heavy atom. The molecule has 1 aromatic rings. The molecule has 1 fully saturated rings. The Bertz CT molecular complexity index is 422. The zero-order chi connectivity index (χ0) is 14.4. The fourth-order valence-corrected chi connectivity index (χ4v) is 2.59. The summed E-state index contributed by atoms with van der Waals surface area (Å²) in [6, 6.07) is 9.79. The van der Waals surface area contributed by atoms with E-state index < -0.39 is 0 Å². The third-order valence-corrected chi connectivity index (χ3v) is 3.89. The third kappa shape index (κ3) is 3.97. The summed E-state index contributed by atoms with van der Waals surface area (Å²) in [6.45, 7) is 8.19. The van der Waals surface area contributed by atoms with E-state index in [1.165, 1.54) is 0 Å². The van der Waals surface area contributed by atoms with E-state index in [4.69, 9.17) is 4.74 Å². The van der Waals surface area contributed by atoms with Crippen LogP contribution in [0.1, 0.15) is 19.4 Å². The number of nitrogens with zero attached hydrogens (tertiary/aromatic N) is 1. The summed E-state index contributed by atoms with van der Waals surface area (Å²) in [4.78, 5) is 13.9. The van der Waals surface area contributed by atoms with E-state index in [1.54, 1.807) is 0 Å². The van der Waals surface area contributed by atoms with Crippen molar-refractivity contribution >= 4 is 6.09 Å². The number of likely N-dealkylation sites (tertiary alicyclic amines) is 1. The molecule has 1 amide bonds. The SMILES string of the molecule is CCNCC1CN(C(=O)OCc2ccccc2)CC1C. The highest BCUT2D eigenvalue weighted by Gasteiger charge is 2.32. The Morgan fingerprint density at radius 2 is 2.10 bits per heavy atom. The molecule has 4 heteroatoms. The maximum Gasteiger partial charge on any atom is 0.410 e. The van der Waals surface area contributed by atoms with Gasteiger partial charge in [-0.3, -0.25) is 0 Å². The van der Waals surface area contributed by atoms with Crippen LogP contribution >= 0.6 is 0 Å². The summed E-state index contributed by atoms with van der Waals surface area (Å²) in [6.07, 6.45) is -0.195. The average molecular weight is 276 g/mol. The third-order valence-electron chi connectivity index (χ3n) is 3.89. The normalized spacial score (nSPS) is 22.0. The van der Waals surface area contributed by atoms with E-state index in [9.17, 15) is 4.79 Å². The lowest BCUT2D eigenvalue weighted by molar-refractivity contribution is 0.102. The van der Waals surface area contributed by atoms with E-state index >= 15 is 0 Å². The van der Waals surface area contributed by atoms with Crippen molar-refractivity contribution < 1.29 is 9.53 Å². The molecule has 2 rings (SSSR count). The van der Waals surface area contributed by atoms with Crippen molar-refractivity contribution in [3.8, 4) is 0 Å². The fourth-order valence-electron chi connectivity index (χ4n) is 2.59. The molecule has 1 heterocycles. The molecule has 0 saturated carbocycles. The van der Waals surface area contributed by atoms with Gasteiger partial charge >= 0.3 is 6.09 Å². The van der Waals surface area contributed by atoms with Crippen molar-refractivity contribution in [2.45, 2.75) is 20.5 Å². The standard InChI is InChI=1S/C16H24N2O2/c1-3-17-9-15-11-18(10-13(15)2)16(19)20-12-14-7-5-4-6-8-14/h4-8,13,15,17H,3,9-12H2,1-2H3. The molecule has 1 aliphatic heterocycles. The lowest BCUT2D eigenvalue weighted by atomic mass is 9.98. The number of rotatable bonds is 5. The first-order chi connectivity index (χ1) is 9.70. The number of carbonyl (C=O) groups is 1. The highest BCUT2D eigenvalue weighted by molar-refractivity contribution is 5.68. The van der Waals surface area contributed by atoms with Crippen molar-refractivity contribution in [2.24, 2.45) is 11.8 Å². The summed E-state index contributed by atoms with van der Waals surface area (Å²) in [5, 5.41) is 3.36. The minimum Gasteiger partial charge on any atom is -0.445 e. The number of hydrogen-bond acceptors (Lipinski definition) is 3. The van der Waals surface area contributed by atoms with Gasteiger partial charge in [0, 0.05) is 13.1 Å². The Morgan fingerprint density at radius 3 is 2.80 bits per heavy atom. The van der Waals surface area contributed by atoms with Gasteiger partial charge < -0.3 is 15.0 Å². The molecule has 20 heavy (non-hydrogen) atoms. The summed E-state index contributed by atoms with van der Waals surface area (Å²) >= 11 is 0. The second-order valence-electron chi connectivity index (χ2n) is 5.49. The average Bonchev–Trinajstić information content (AvgIpc) is 2.85. The first-order valence-corrected chi connectivity index (χ1v) is 7.37. The lowest BCUT2D eigenvalue weighted by Gasteiger charge is -2.16. The number of amides is 1. The van der Waals surface area contributed by atoms with E-state index in [0.29, 0.717) is 18.4 Å². The molecule has 4 nitrogen and oxygen atoms in total. The van der Waals surface area contributed by atoms with Gasteiger partial charge in [-0.1, -0.05) is 44.2 Å². The second-order valence-corrected chi connectivity index (χ2v) is 5.49. The lowest BCUT2D eigenvalue weighted by Crippen LogP contribution is -2.31. The van der Waals surface area contributed by atoms with Gasteiger partial charge in [0.05, 0.1) is 0 Å². The van der Waals surface area contributed by atoms with Gasteiger partial charge in [0.15, 0.2) is 0 Å². The molecular weight excluding hydrogens is 252 g/mol. The molecule has 0 aromatic heterocycles. The molecule has 0 spiro atoms. The van der Waals surface area contributed by atoms with E-state index in [1.807, 2.05) is 35.2 Å². The van der Waals surface area contributed by atoms with Crippen molar-refractivity contribution in [1.29, 1.82) is 0 Å². The quantitative estimate of drug-likeness (QED) is 0.898. The fraction of sp³-hybridized carbons (Fsp3) is 0.562. The number of nitrogens with one attached hydrogen (secondary N) is 1. The van der Waals surface area contributed by atoms with Gasteiger partial charge in [0.1, 0.15) is 6.61 Å². The molecule has 1 saturated heterocycles. The van der Waals surface area contributed by atoms with Crippen LogP contribution < -0.4 is 5.32 Å². The summed E-state index contributed by atoms with van der Waals surface area (Å²) in [7, 11) is 0. The minimum absolute atomic E-state index is 0.195. The summed E-state index contributed by atoms with van der Waals surface area (Å²) in [5.41, 5.74) is 1.03. The molecule has 2 unspecified atom stereocenters. The molecule has 0 aliphatic carbocycles. The Kier molecular flexibility index (Phi) is 5.41. The van der Waals surface area contributed by atoms with Crippen molar-refractivity contribution in [3.05, 3.63) is 35.9 Å². The largest absolute Gasteiger partial charge is 0.445 e. The summed E-state index contributed by atoms with van der Waals surface area (Å²) in [5.74, 6) is 1.05. The van der Waals surface area contributed by atoms with Crippen LogP contribution in [-0.2, 0) is 11.3 Å². The van der Waals surface area contributed by atoms with Crippen LogP contribution in [-0.4, -0.2) is 37.2 Å².